The Bertz CT molecular complexity index is 494. The van der Waals surface area contributed by atoms with E-state index in [0.717, 1.165) is 21.6 Å². The quantitative estimate of drug-likeness (QED) is 0.892. The van der Waals surface area contributed by atoms with Crippen LogP contribution in [0.15, 0.2) is 24.4 Å². The van der Waals surface area contributed by atoms with E-state index in [0.29, 0.717) is 0 Å². The molecule has 0 fully saturated rings. The van der Waals surface area contributed by atoms with Crippen molar-refractivity contribution < 1.29 is 0 Å². The zero-order chi connectivity index (χ0) is 11.5. The van der Waals surface area contributed by atoms with Crippen molar-refractivity contribution in [1.29, 1.82) is 0 Å². The smallest absolute Gasteiger partial charge is 0.113 e. The number of aryl methyl sites for hydroxylation is 2. The van der Waals surface area contributed by atoms with Crippen LogP contribution in [0.1, 0.15) is 16.1 Å². The molecule has 0 saturated heterocycles. The van der Waals surface area contributed by atoms with Gasteiger partial charge in [0.05, 0.1) is 12.7 Å². The Kier molecular flexibility index (Phi) is 3.46. The number of hydrogen-bond donors (Lipinski definition) is 1. The highest BCUT2D eigenvalue weighted by molar-refractivity contribution is 7.15. The van der Waals surface area contributed by atoms with Crippen LogP contribution in [0.2, 0.25) is 4.34 Å². The van der Waals surface area contributed by atoms with Crippen molar-refractivity contribution >= 4 is 28.6 Å². The van der Waals surface area contributed by atoms with Crippen LogP contribution in [0.4, 0.5) is 5.69 Å². The third kappa shape index (κ3) is 2.74. The first-order chi connectivity index (χ1) is 7.65. The molecule has 1 heterocycles. The van der Waals surface area contributed by atoms with Crippen molar-refractivity contribution in [3.63, 3.8) is 0 Å². The number of nitrogens with one attached hydrogen (secondary N) is 1. The monoisotopic (exact) mass is 252 g/mol. The number of nitrogens with zero attached hydrogens (tertiary/aromatic N) is 1. The Labute approximate surface area is 104 Å². The minimum absolute atomic E-state index is 0.722. The van der Waals surface area contributed by atoms with Gasteiger partial charge in [0.2, 0.25) is 0 Å². The van der Waals surface area contributed by atoms with Gasteiger partial charge in [-0.1, -0.05) is 17.7 Å². The van der Waals surface area contributed by atoms with E-state index in [9.17, 15) is 0 Å². The number of benzene rings is 1. The molecule has 0 bridgehead atoms. The predicted molar refractivity (Wildman–Crippen MR) is 70.4 cm³/mol. The lowest BCUT2D eigenvalue weighted by Gasteiger charge is -2.06. The van der Waals surface area contributed by atoms with E-state index in [4.69, 9.17) is 11.6 Å². The molecule has 1 N–H and O–H groups in total. The molecule has 2 aromatic rings. The Balaban J connectivity index is 2.02. The lowest BCUT2D eigenvalue weighted by Crippen LogP contribution is -1.99. The third-order valence-electron chi connectivity index (χ3n) is 2.48. The van der Waals surface area contributed by atoms with Crippen molar-refractivity contribution in [3.8, 4) is 0 Å². The fourth-order valence-corrected chi connectivity index (χ4v) is 2.30. The highest BCUT2D eigenvalue weighted by Gasteiger charge is 2.00. The fourth-order valence-electron chi connectivity index (χ4n) is 1.40. The lowest BCUT2D eigenvalue weighted by atomic mass is 10.1. The van der Waals surface area contributed by atoms with E-state index in [1.807, 2.05) is 0 Å². The van der Waals surface area contributed by atoms with Gasteiger partial charge < -0.3 is 5.32 Å². The highest BCUT2D eigenvalue weighted by atomic mass is 35.5. The number of rotatable bonds is 3. The van der Waals surface area contributed by atoms with Crippen LogP contribution in [-0.4, -0.2) is 4.98 Å². The van der Waals surface area contributed by atoms with Gasteiger partial charge in [0.25, 0.3) is 0 Å². The molecule has 1 aromatic carbocycles. The van der Waals surface area contributed by atoms with Crippen LogP contribution in [-0.2, 0) is 6.54 Å². The van der Waals surface area contributed by atoms with Gasteiger partial charge in [0.1, 0.15) is 9.34 Å². The number of halogens is 1. The van der Waals surface area contributed by atoms with Crippen molar-refractivity contribution in [2.45, 2.75) is 20.4 Å². The molecule has 0 aliphatic rings. The van der Waals surface area contributed by atoms with Crippen molar-refractivity contribution in [1.82, 2.24) is 4.98 Å². The fraction of sp³-hybridized carbons (Fsp3) is 0.250. The Morgan fingerprint density at radius 3 is 2.75 bits per heavy atom. The lowest BCUT2D eigenvalue weighted by molar-refractivity contribution is 1.10. The first-order valence-electron chi connectivity index (χ1n) is 5.06. The van der Waals surface area contributed by atoms with Crippen LogP contribution >= 0.6 is 22.9 Å². The molecule has 0 atom stereocenters. The molecule has 0 saturated carbocycles. The van der Waals surface area contributed by atoms with Crippen LogP contribution in [0, 0.1) is 13.8 Å². The maximum absolute atomic E-state index is 5.82. The molecule has 0 aliphatic carbocycles. The summed E-state index contributed by atoms with van der Waals surface area (Å²) in [6, 6.07) is 6.34. The first-order valence-corrected chi connectivity index (χ1v) is 6.26. The molecule has 84 valence electrons. The largest absolute Gasteiger partial charge is 0.379 e. The summed E-state index contributed by atoms with van der Waals surface area (Å²) in [7, 11) is 0. The van der Waals surface area contributed by atoms with Crippen molar-refractivity contribution in [2.75, 3.05) is 5.32 Å². The second-order valence-corrected chi connectivity index (χ2v) is 5.46. The third-order valence-corrected chi connectivity index (χ3v) is 3.59. The van der Waals surface area contributed by atoms with Gasteiger partial charge in [-0.2, -0.15) is 0 Å². The van der Waals surface area contributed by atoms with E-state index >= 15 is 0 Å². The predicted octanol–water partition coefficient (Wildman–Crippen LogP) is 4.03. The Morgan fingerprint density at radius 1 is 1.31 bits per heavy atom. The summed E-state index contributed by atoms with van der Waals surface area (Å²) in [5, 5.41) is 4.33. The minimum Gasteiger partial charge on any atom is -0.379 e. The molecule has 4 heteroatoms. The maximum atomic E-state index is 5.82. The maximum Gasteiger partial charge on any atom is 0.113 e. The standard InChI is InChI=1S/C12H13ClN2S/c1-8-3-4-10(5-9(8)2)14-7-12-15-6-11(13)16-12/h3-6,14H,7H2,1-2H3. The summed E-state index contributed by atoms with van der Waals surface area (Å²) in [4.78, 5) is 4.19. The van der Waals surface area contributed by atoms with Crippen LogP contribution < -0.4 is 5.32 Å². The van der Waals surface area contributed by atoms with E-state index < -0.39 is 0 Å². The zero-order valence-corrected chi connectivity index (χ0v) is 10.8. The summed E-state index contributed by atoms with van der Waals surface area (Å²) in [6.07, 6.45) is 1.68. The molecule has 2 rings (SSSR count). The number of anilines is 1. The van der Waals surface area contributed by atoms with E-state index in [1.165, 1.54) is 22.5 Å². The van der Waals surface area contributed by atoms with Crippen LogP contribution in [0.3, 0.4) is 0 Å². The summed E-state index contributed by atoms with van der Waals surface area (Å²) in [5.74, 6) is 0. The summed E-state index contributed by atoms with van der Waals surface area (Å²) in [6.45, 7) is 4.94. The molecule has 0 amide bonds. The second-order valence-electron chi connectivity index (χ2n) is 3.71. The number of aromatic nitrogens is 1. The van der Waals surface area contributed by atoms with Gasteiger partial charge in [-0.15, -0.1) is 11.3 Å². The van der Waals surface area contributed by atoms with Gasteiger partial charge in [-0.3, -0.25) is 0 Å². The highest BCUT2D eigenvalue weighted by Crippen LogP contribution is 2.20. The molecule has 0 aliphatic heterocycles. The van der Waals surface area contributed by atoms with Crippen LogP contribution in [0.5, 0.6) is 0 Å². The topological polar surface area (TPSA) is 24.9 Å². The van der Waals surface area contributed by atoms with Gasteiger partial charge in [0.15, 0.2) is 0 Å². The van der Waals surface area contributed by atoms with Crippen molar-refractivity contribution in [3.05, 3.63) is 44.9 Å². The molecule has 0 spiro atoms. The zero-order valence-electron chi connectivity index (χ0n) is 9.25. The molecule has 0 unspecified atom stereocenters. The molecule has 0 radical (unpaired) electrons. The Hall–Kier alpha value is -1.06. The second kappa shape index (κ2) is 4.85. The van der Waals surface area contributed by atoms with E-state index in [-0.39, 0.29) is 0 Å². The van der Waals surface area contributed by atoms with Gasteiger partial charge in [-0.05, 0) is 37.1 Å². The number of hydrogen-bond acceptors (Lipinski definition) is 3. The normalized spacial score (nSPS) is 10.4. The average molecular weight is 253 g/mol. The molecular weight excluding hydrogens is 240 g/mol. The van der Waals surface area contributed by atoms with Gasteiger partial charge >= 0.3 is 0 Å². The summed E-state index contributed by atoms with van der Waals surface area (Å²) in [5.41, 5.74) is 3.72. The van der Waals surface area contributed by atoms with Gasteiger partial charge in [0, 0.05) is 5.69 Å². The van der Waals surface area contributed by atoms with Crippen molar-refractivity contribution in [2.24, 2.45) is 0 Å². The summed E-state index contributed by atoms with van der Waals surface area (Å²) < 4.78 is 0.733. The van der Waals surface area contributed by atoms with E-state index in [2.05, 4.69) is 42.3 Å². The number of thiazole rings is 1. The molecule has 1 aromatic heterocycles. The first kappa shape index (κ1) is 11.4. The molecular formula is C12H13ClN2S. The minimum atomic E-state index is 0.722. The SMILES string of the molecule is Cc1ccc(NCc2ncc(Cl)s2)cc1C. The Morgan fingerprint density at radius 2 is 2.12 bits per heavy atom. The van der Waals surface area contributed by atoms with E-state index in [1.54, 1.807) is 6.20 Å². The summed E-state index contributed by atoms with van der Waals surface area (Å²) >= 11 is 7.32. The molecule has 2 nitrogen and oxygen atoms in total. The van der Waals surface area contributed by atoms with Crippen LogP contribution in [0.25, 0.3) is 0 Å². The van der Waals surface area contributed by atoms with Gasteiger partial charge in [-0.25, -0.2) is 4.98 Å². The average Bonchev–Trinajstić information content (AvgIpc) is 2.66. The molecule has 16 heavy (non-hydrogen) atoms.